The molecule has 2 aliphatic rings. The van der Waals surface area contributed by atoms with Crippen LogP contribution in [0.15, 0.2) is 18.2 Å². The SMILES string of the molecule is CC1CCC(C2CCC(CCc3cc[c-]c(F)c3)CC2)CC1.[Rb+]. The Kier molecular flexibility index (Phi) is 8.98. The van der Waals surface area contributed by atoms with Crippen LogP contribution < -0.4 is 58.2 Å². The summed E-state index contributed by atoms with van der Waals surface area (Å²) in [4.78, 5) is 0. The molecule has 3 rings (SSSR count). The van der Waals surface area contributed by atoms with Gasteiger partial charge < -0.3 is 0 Å². The van der Waals surface area contributed by atoms with E-state index in [1.165, 1.54) is 57.8 Å². The number of halogens is 1. The first kappa shape index (κ1) is 20.3. The van der Waals surface area contributed by atoms with E-state index in [-0.39, 0.29) is 64.0 Å². The Labute approximate surface area is 190 Å². The average Bonchev–Trinajstić information content (AvgIpc) is 2.54. The summed E-state index contributed by atoms with van der Waals surface area (Å²) in [6.45, 7) is 2.41. The van der Waals surface area contributed by atoms with Crippen LogP contribution in [0.5, 0.6) is 0 Å². The van der Waals surface area contributed by atoms with Crippen molar-refractivity contribution in [3.05, 3.63) is 35.6 Å². The van der Waals surface area contributed by atoms with Gasteiger partial charge in [-0.05, 0) is 55.8 Å². The molecule has 0 aliphatic heterocycles. The summed E-state index contributed by atoms with van der Waals surface area (Å²) in [7, 11) is 0. The van der Waals surface area contributed by atoms with Gasteiger partial charge in [0.1, 0.15) is 0 Å². The van der Waals surface area contributed by atoms with E-state index < -0.39 is 0 Å². The minimum absolute atomic E-state index is 0. The molecule has 0 nitrogen and oxygen atoms in total. The summed E-state index contributed by atoms with van der Waals surface area (Å²) in [5, 5.41) is 0. The second-order valence-electron chi connectivity index (χ2n) is 7.88. The third kappa shape index (κ3) is 6.31. The Morgan fingerprint density at radius 1 is 1.00 bits per heavy atom. The van der Waals surface area contributed by atoms with Crippen LogP contribution in [0, 0.1) is 35.6 Å². The first-order valence-corrected chi connectivity index (χ1v) is 9.37. The molecule has 2 heteroatoms. The predicted molar refractivity (Wildman–Crippen MR) is 90.1 cm³/mol. The van der Waals surface area contributed by atoms with Crippen LogP contribution in [0.1, 0.15) is 70.3 Å². The molecule has 122 valence electrons. The molecule has 0 unspecified atom stereocenters. The molecular formula is C21H30FRb. The largest absolute Gasteiger partial charge is 1.00 e. The average molecular weight is 387 g/mol. The Morgan fingerprint density at radius 3 is 2.22 bits per heavy atom. The summed E-state index contributed by atoms with van der Waals surface area (Å²) >= 11 is 0. The van der Waals surface area contributed by atoms with Crippen molar-refractivity contribution in [2.75, 3.05) is 0 Å². The Morgan fingerprint density at radius 2 is 1.61 bits per heavy atom. The van der Waals surface area contributed by atoms with Gasteiger partial charge in [-0.2, -0.15) is 17.7 Å². The maximum absolute atomic E-state index is 13.2. The molecule has 0 heterocycles. The third-order valence-electron chi connectivity index (χ3n) is 6.29. The molecule has 2 saturated carbocycles. The number of hydrogen-bond acceptors (Lipinski definition) is 0. The van der Waals surface area contributed by atoms with Crippen molar-refractivity contribution in [3.63, 3.8) is 0 Å². The van der Waals surface area contributed by atoms with Crippen LogP contribution in [0.4, 0.5) is 4.39 Å². The van der Waals surface area contributed by atoms with Crippen LogP contribution in [0.25, 0.3) is 0 Å². The van der Waals surface area contributed by atoms with Crippen molar-refractivity contribution in [3.8, 4) is 0 Å². The van der Waals surface area contributed by atoms with E-state index in [1.807, 2.05) is 6.07 Å². The third-order valence-corrected chi connectivity index (χ3v) is 6.29. The standard InChI is InChI=1S/C21H30F.Rb/c1-16-5-11-19(12-6-16)20-13-9-17(10-14-20)7-8-18-3-2-4-21(22)15-18;/h2-3,15-17,19-20H,5-14H2,1H3;/q-1;+1. The van der Waals surface area contributed by atoms with Gasteiger partial charge in [-0.15, -0.1) is 12.1 Å². The van der Waals surface area contributed by atoms with Gasteiger partial charge in [0.15, 0.2) is 0 Å². The molecule has 0 amide bonds. The minimum Gasteiger partial charge on any atom is -0.236 e. The predicted octanol–water partition coefficient (Wildman–Crippen LogP) is 3.20. The van der Waals surface area contributed by atoms with E-state index in [0.717, 1.165) is 35.7 Å². The number of hydrogen-bond donors (Lipinski definition) is 0. The van der Waals surface area contributed by atoms with Gasteiger partial charge in [-0.25, -0.2) is 4.39 Å². The number of aryl methyl sites for hydroxylation is 1. The summed E-state index contributed by atoms with van der Waals surface area (Å²) < 4.78 is 13.2. The first-order valence-electron chi connectivity index (χ1n) is 9.37. The van der Waals surface area contributed by atoms with E-state index in [0.29, 0.717) is 0 Å². The summed E-state index contributed by atoms with van der Waals surface area (Å²) in [5.41, 5.74) is 1.14. The Bertz CT molecular complexity index is 457. The molecule has 0 spiro atoms. The zero-order valence-electron chi connectivity index (χ0n) is 15.0. The van der Waals surface area contributed by atoms with Crippen LogP contribution in [0.3, 0.4) is 0 Å². The monoisotopic (exact) mass is 386 g/mol. The van der Waals surface area contributed by atoms with Crippen LogP contribution >= 0.6 is 0 Å². The van der Waals surface area contributed by atoms with Crippen molar-refractivity contribution < 1.29 is 62.6 Å². The fourth-order valence-electron chi connectivity index (χ4n) is 4.71. The molecule has 23 heavy (non-hydrogen) atoms. The minimum atomic E-state index is -0.215. The first-order chi connectivity index (χ1) is 10.7. The van der Waals surface area contributed by atoms with Crippen molar-refractivity contribution in [2.45, 2.75) is 71.1 Å². The van der Waals surface area contributed by atoms with Gasteiger partial charge in [0.05, 0.1) is 0 Å². The van der Waals surface area contributed by atoms with Crippen molar-refractivity contribution in [2.24, 2.45) is 23.7 Å². The van der Waals surface area contributed by atoms with Crippen molar-refractivity contribution >= 4 is 0 Å². The number of rotatable bonds is 4. The molecule has 2 fully saturated rings. The maximum Gasteiger partial charge on any atom is 1.00 e. The fourth-order valence-corrected chi connectivity index (χ4v) is 4.71. The van der Waals surface area contributed by atoms with Gasteiger partial charge in [-0.3, -0.25) is 0 Å². The van der Waals surface area contributed by atoms with Gasteiger partial charge >= 0.3 is 58.2 Å². The normalized spacial score (nSPS) is 31.4. The van der Waals surface area contributed by atoms with Gasteiger partial charge in [-0.1, -0.05) is 39.0 Å². The molecule has 0 radical (unpaired) electrons. The van der Waals surface area contributed by atoms with E-state index in [2.05, 4.69) is 13.0 Å². The zero-order chi connectivity index (χ0) is 15.4. The summed E-state index contributed by atoms with van der Waals surface area (Å²) in [6.07, 6.45) is 13.8. The van der Waals surface area contributed by atoms with Crippen molar-refractivity contribution in [1.82, 2.24) is 0 Å². The van der Waals surface area contributed by atoms with E-state index in [4.69, 9.17) is 0 Å². The smallest absolute Gasteiger partial charge is 0.236 e. The molecule has 0 aromatic heterocycles. The second kappa shape index (κ2) is 10.2. The Balaban J connectivity index is 0.00000192. The molecule has 1 aromatic carbocycles. The molecule has 0 bridgehead atoms. The Hall–Kier alpha value is 0.955. The molecule has 0 N–H and O–H groups in total. The van der Waals surface area contributed by atoms with Gasteiger partial charge in [0.25, 0.3) is 0 Å². The zero-order valence-corrected chi connectivity index (χ0v) is 19.9. The molecule has 2 aliphatic carbocycles. The van der Waals surface area contributed by atoms with E-state index in [1.54, 1.807) is 12.1 Å². The quantitative estimate of drug-likeness (QED) is 0.697. The van der Waals surface area contributed by atoms with E-state index >= 15 is 0 Å². The van der Waals surface area contributed by atoms with Crippen molar-refractivity contribution in [1.29, 1.82) is 0 Å². The molecule has 0 saturated heterocycles. The fraction of sp³-hybridized carbons (Fsp3) is 0.714. The van der Waals surface area contributed by atoms with Gasteiger partial charge in [0, 0.05) is 5.82 Å². The van der Waals surface area contributed by atoms with Crippen LogP contribution in [-0.4, -0.2) is 0 Å². The molecule has 0 atom stereocenters. The van der Waals surface area contributed by atoms with Gasteiger partial charge in [0.2, 0.25) is 0 Å². The van der Waals surface area contributed by atoms with Crippen LogP contribution in [-0.2, 0) is 6.42 Å². The number of benzene rings is 1. The molecular weight excluding hydrogens is 357 g/mol. The van der Waals surface area contributed by atoms with E-state index in [9.17, 15) is 4.39 Å². The summed E-state index contributed by atoms with van der Waals surface area (Å²) in [6, 6.07) is 7.96. The molecule has 1 aromatic rings. The maximum atomic E-state index is 13.2. The van der Waals surface area contributed by atoms with Crippen LogP contribution in [0.2, 0.25) is 0 Å². The summed E-state index contributed by atoms with van der Waals surface area (Å²) in [5.74, 6) is 3.65. The second-order valence-corrected chi connectivity index (χ2v) is 7.88. The topological polar surface area (TPSA) is 0 Å².